The standard InChI is InChI=1S/C14H19NO2/c1-10(14(16)17)15-9-12-7-4-6-11-5-2-3-8-13(11)12/h2-3,5,8,10,12,15H,4,6-7,9H2,1H3,(H,16,17)/t10-,12?/m0/s1. The summed E-state index contributed by atoms with van der Waals surface area (Å²) in [4.78, 5) is 10.8. The van der Waals surface area contributed by atoms with E-state index in [9.17, 15) is 4.79 Å². The maximum absolute atomic E-state index is 10.8. The van der Waals surface area contributed by atoms with E-state index in [-0.39, 0.29) is 0 Å². The molecule has 1 aromatic rings. The lowest BCUT2D eigenvalue weighted by molar-refractivity contribution is -0.139. The highest BCUT2D eigenvalue weighted by Crippen LogP contribution is 2.30. The predicted octanol–water partition coefficient (Wildman–Crippen LogP) is 2.17. The zero-order chi connectivity index (χ0) is 12.3. The lowest BCUT2D eigenvalue weighted by Crippen LogP contribution is -2.37. The van der Waals surface area contributed by atoms with Gasteiger partial charge in [0, 0.05) is 6.54 Å². The quantitative estimate of drug-likeness (QED) is 0.838. The van der Waals surface area contributed by atoms with Crippen LogP contribution in [0.4, 0.5) is 0 Å². The number of fused-ring (bicyclic) bond motifs is 1. The van der Waals surface area contributed by atoms with Crippen LogP contribution in [0.25, 0.3) is 0 Å². The van der Waals surface area contributed by atoms with Crippen molar-refractivity contribution in [2.45, 2.75) is 38.1 Å². The van der Waals surface area contributed by atoms with Crippen molar-refractivity contribution in [2.24, 2.45) is 0 Å². The highest BCUT2D eigenvalue weighted by Gasteiger charge is 2.21. The minimum absolute atomic E-state index is 0.460. The maximum Gasteiger partial charge on any atom is 0.320 e. The Kier molecular flexibility index (Phi) is 3.79. The van der Waals surface area contributed by atoms with Crippen LogP contribution in [-0.2, 0) is 11.2 Å². The molecule has 1 unspecified atom stereocenters. The first-order valence-electron chi connectivity index (χ1n) is 6.22. The molecule has 0 amide bonds. The van der Waals surface area contributed by atoms with Crippen LogP contribution >= 0.6 is 0 Å². The van der Waals surface area contributed by atoms with E-state index >= 15 is 0 Å². The van der Waals surface area contributed by atoms with Crippen LogP contribution in [0, 0.1) is 0 Å². The molecule has 2 atom stereocenters. The van der Waals surface area contributed by atoms with Crippen molar-refractivity contribution in [1.82, 2.24) is 5.32 Å². The smallest absolute Gasteiger partial charge is 0.320 e. The predicted molar refractivity (Wildman–Crippen MR) is 67.2 cm³/mol. The third kappa shape index (κ3) is 2.86. The van der Waals surface area contributed by atoms with Crippen LogP contribution in [-0.4, -0.2) is 23.7 Å². The van der Waals surface area contributed by atoms with Crippen molar-refractivity contribution in [1.29, 1.82) is 0 Å². The number of carbonyl (C=O) groups is 1. The second-order valence-electron chi connectivity index (χ2n) is 4.76. The van der Waals surface area contributed by atoms with Gasteiger partial charge < -0.3 is 10.4 Å². The molecule has 2 N–H and O–H groups in total. The molecule has 1 aromatic carbocycles. The fraction of sp³-hybridized carbons (Fsp3) is 0.500. The molecule has 92 valence electrons. The van der Waals surface area contributed by atoms with Crippen molar-refractivity contribution in [2.75, 3.05) is 6.54 Å². The molecule has 0 saturated heterocycles. The number of carboxylic acid groups (broad SMARTS) is 1. The van der Waals surface area contributed by atoms with Gasteiger partial charge in [-0.3, -0.25) is 4.79 Å². The number of carboxylic acids is 1. The monoisotopic (exact) mass is 233 g/mol. The summed E-state index contributed by atoms with van der Waals surface area (Å²) >= 11 is 0. The Hall–Kier alpha value is -1.35. The maximum atomic E-state index is 10.8. The minimum Gasteiger partial charge on any atom is -0.480 e. The van der Waals surface area contributed by atoms with Crippen molar-refractivity contribution in [3.05, 3.63) is 35.4 Å². The highest BCUT2D eigenvalue weighted by molar-refractivity contribution is 5.72. The Morgan fingerprint density at radius 1 is 1.53 bits per heavy atom. The van der Waals surface area contributed by atoms with Crippen LogP contribution in [0.5, 0.6) is 0 Å². The molecule has 0 spiro atoms. The van der Waals surface area contributed by atoms with E-state index in [0.29, 0.717) is 5.92 Å². The fourth-order valence-corrected chi connectivity index (χ4v) is 2.47. The van der Waals surface area contributed by atoms with Crippen LogP contribution < -0.4 is 5.32 Å². The Morgan fingerprint density at radius 2 is 2.29 bits per heavy atom. The van der Waals surface area contributed by atoms with E-state index in [4.69, 9.17) is 5.11 Å². The summed E-state index contributed by atoms with van der Waals surface area (Å²) in [5, 5.41) is 11.9. The van der Waals surface area contributed by atoms with Crippen molar-refractivity contribution >= 4 is 5.97 Å². The largest absolute Gasteiger partial charge is 0.480 e. The van der Waals surface area contributed by atoms with Crippen LogP contribution in [0.15, 0.2) is 24.3 Å². The van der Waals surface area contributed by atoms with Gasteiger partial charge in [0.05, 0.1) is 0 Å². The summed E-state index contributed by atoms with van der Waals surface area (Å²) < 4.78 is 0. The summed E-state index contributed by atoms with van der Waals surface area (Å²) in [5.74, 6) is -0.323. The van der Waals surface area contributed by atoms with Gasteiger partial charge >= 0.3 is 5.97 Å². The van der Waals surface area contributed by atoms with Gasteiger partial charge in [-0.2, -0.15) is 0 Å². The van der Waals surface area contributed by atoms with Gasteiger partial charge in [0.1, 0.15) is 6.04 Å². The molecule has 3 heteroatoms. The van der Waals surface area contributed by atoms with E-state index in [1.54, 1.807) is 6.92 Å². The fourth-order valence-electron chi connectivity index (χ4n) is 2.47. The first-order valence-corrected chi connectivity index (χ1v) is 6.22. The Bertz CT molecular complexity index is 403. The average molecular weight is 233 g/mol. The zero-order valence-electron chi connectivity index (χ0n) is 10.1. The van der Waals surface area contributed by atoms with E-state index in [0.717, 1.165) is 19.4 Å². The third-order valence-electron chi connectivity index (χ3n) is 3.53. The van der Waals surface area contributed by atoms with Gasteiger partial charge in [0.15, 0.2) is 0 Å². The van der Waals surface area contributed by atoms with E-state index in [2.05, 4.69) is 29.6 Å². The molecule has 0 radical (unpaired) electrons. The Labute approximate surface area is 102 Å². The number of aryl methyl sites for hydroxylation is 1. The number of hydrogen-bond donors (Lipinski definition) is 2. The number of aliphatic carboxylic acids is 1. The first-order chi connectivity index (χ1) is 8.18. The molecule has 0 aromatic heterocycles. The Balaban J connectivity index is 2.01. The van der Waals surface area contributed by atoms with Crippen LogP contribution in [0.2, 0.25) is 0 Å². The molecular formula is C14H19NO2. The number of rotatable bonds is 4. The van der Waals surface area contributed by atoms with E-state index in [1.165, 1.54) is 17.5 Å². The van der Waals surface area contributed by atoms with Crippen molar-refractivity contribution in [3.63, 3.8) is 0 Å². The number of hydrogen-bond acceptors (Lipinski definition) is 2. The molecule has 0 bridgehead atoms. The number of nitrogens with one attached hydrogen (secondary N) is 1. The molecule has 0 fully saturated rings. The minimum atomic E-state index is -0.783. The molecular weight excluding hydrogens is 214 g/mol. The molecule has 3 nitrogen and oxygen atoms in total. The highest BCUT2D eigenvalue weighted by atomic mass is 16.4. The van der Waals surface area contributed by atoms with E-state index in [1.807, 2.05) is 0 Å². The molecule has 0 heterocycles. The molecule has 1 aliphatic rings. The molecule has 17 heavy (non-hydrogen) atoms. The molecule has 0 aliphatic heterocycles. The first kappa shape index (κ1) is 12.1. The van der Waals surface area contributed by atoms with Gasteiger partial charge in [0.25, 0.3) is 0 Å². The van der Waals surface area contributed by atoms with Crippen LogP contribution in [0.3, 0.4) is 0 Å². The summed E-state index contributed by atoms with van der Waals surface area (Å²) in [6.07, 6.45) is 3.50. The molecule has 2 rings (SSSR count). The Morgan fingerprint density at radius 3 is 3.06 bits per heavy atom. The van der Waals surface area contributed by atoms with Gasteiger partial charge in [0.2, 0.25) is 0 Å². The second-order valence-corrected chi connectivity index (χ2v) is 4.76. The summed E-state index contributed by atoms with van der Waals surface area (Å²) in [6, 6.07) is 8.03. The topological polar surface area (TPSA) is 49.3 Å². The van der Waals surface area contributed by atoms with E-state index < -0.39 is 12.0 Å². The number of benzene rings is 1. The van der Waals surface area contributed by atoms with Gasteiger partial charge in [-0.1, -0.05) is 24.3 Å². The van der Waals surface area contributed by atoms with Crippen LogP contribution in [0.1, 0.15) is 36.8 Å². The normalized spacial score (nSPS) is 20.6. The van der Waals surface area contributed by atoms with Gasteiger partial charge in [-0.15, -0.1) is 0 Å². The van der Waals surface area contributed by atoms with Gasteiger partial charge in [-0.25, -0.2) is 0 Å². The van der Waals surface area contributed by atoms with Crippen molar-refractivity contribution in [3.8, 4) is 0 Å². The average Bonchev–Trinajstić information content (AvgIpc) is 2.35. The lowest BCUT2D eigenvalue weighted by Gasteiger charge is -2.26. The second kappa shape index (κ2) is 5.32. The van der Waals surface area contributed by atoms with Crippen molar-refractivity contribution < 1.29 is 9.90 Å². The SMILES string of the molecule is C[C@H](NCC1CCCc2ccccc21)C(=O)O. The zero-order valence-corrected chi connectivity index (χ0v) is 10.1. The third-order valence-corrected chi connectivity index (χ3v) is 3.53. The molecule has 0 saturated carbocycles. The summed E-state index contributed by atoms with van der Waals surface area (Å²) in [6.45, 7) is 2.45. The lowest BCUT2D eigenvalue weighted by atomic mass is 9.83. The summed E-state index contributed by atoms with van der Waals surface area (Å²) in [5.41, 5.74) is 2.82. The van der Waals surface area contributed by atoms with Gasteiger partial charge in [-0.05, 0) is 43.2 Å². The molecule has 1 aliphatic carbocycles. The summed E-state index contributed by atoms with van der Waals surface area (Å²) in [7, 11) is 0.